The van der Waals surface area contributed by atoms with Crippen molar-refractivity contribution < 1.29 is 32.1 Å². The normalized spacial score (nSPS) is 22.7. The molecule has 1 aromatic carbocycles. The number of aromatic nitrogens is 8. The van der Waals surface area contributed by atoms with Gasteiger partial charge in [0.25, 0.3) is 5.88 Å². The van der Waals surface area contributed by atoms with Crippen molar-refractivity contribution in [2.24, 2.45) is 0 Å². The van der Waals surface area contributed by atoms with Crippen molar-refractivity contribution >= 4 is 11.6 Å². The van der Waals surface area contributed by atoms with Gasteiger partial charge in [0.2, 0.25) is 5.95 Å². The lowest BCUT2D eigenvalue weighted by Crippen LogP contribution is -2.52. The molecule has 1 aliphatic carbocycles. The summed E-state index contributed by atoms with van der Waals surface area (Å²) in [4.78, 5) is 11.6. The van der Waals surface area contributed by atoms with E-state index in [4.69, 9.17) is 14.2 Å². The highest BCUT2D eigenvalue weighted by molar-refractivity contribution is 5.67. The molecule has 2 saturated heterocycles. The number of halogens is 3. The molecule has 15 nitrogen and oxygen atoms in total. The Bertz CT molecular complexity index is 1770. The Morgan fingerprint density at radius 1 is 1.00 bits per heavy atom. The first kappa shape index (κ1) is 34.6. The maximum absolute atomic E-state index is 12.6. The van der Waals surface area contributed by atoms with Crippen LogP contribution in [0, 0.1) is 11.3 Å². The quantitative estimate of drug-likeness (QED) is 0.191. The summed E-state index contributed by atoms with van der Waals surface area (Å²) < 4.78 is 62.5. The first-order chi connectivity index (χ1) is 24.7. The lowest BCUT2D eigenvalue weighted by Gasteiger charge is -2.43. The predicted molar refractivity (Wildman–Crippen MR) is 174 cm³/mol. The van der Waals surface area contributed by atoms with E-state index in [0.717, 1.165) is 44.5 Å². The van der Waals surface area contributed by atoms with E-state index in [9.17, 15) is 18.4 Å². The minimum Gasteiger partial charge on any atom is -0.487 e. The molecular formula is C33H38F3N11O4. The van der Waals surface area contributed by atoms with Crippen LogP contribution in [0.1, 0.15) is 57.1 Å². The Balaban J connectivity index is 1.03. The van der Waals surface area contributed by atoms with E-state index in [2.05, 4.69) is 51.6 Å². The van der Waals surface area contributed by atoms with Crippen LogP contribution in [0.2, 0.25) is 0 Å². The van der Waals surface area contributed by atoms with Crippen molar-refractivity contribution in [1.82, 2.24) is 44.9 Å². The van der Waals surface area contributed by atoms with Gasteiger partial charge >= 0.3 is 6.36 Å². The third-order valence-corrected chi connectivity index (χ3v) is 9.54. The zero-order chi connectivity index (χ0) is 35.4. The molecule has 4 aromatic rings. The molecule has 270 valence electrons. The third kappa shape index (κ3) is 8.38. The van der Waals surface area contributed by atoms with Gasteiger partial charge in [0.15, 0.2) is 0 Å². The summed E-state index contributed by atoms with van der Waals surface area (Å²) in [5, 5.41) is 28.5. The Kier molecular flexibility index (Phi) is 10.3. The summed E-state index contributed by atoms with van der Waals surface area (Å²) in [6.45, 7) is 2.81. The molecule has 1 saturated carbocycles. The van der Waals surface area contributed by atoms with Crippen LogP contribution >= 0.6 is 0 Å². The molecule has 2 aliphatic heterocycles. The van der Waals surface area contributed by atoms with Crippen molar-refractivity contribution in [3.8, 4) is 28.8 Å². The Morgan fingerprint density at radius 3 is 2.41 bits per heavy atom. The van der Waals surface area contributed by atoms with E-state index >= 15 is 0 Å². The number of nitriles is 1. The van der Waals surface area contributed by atoms with Crippen LogP contribution in [0.5, 0.6) is 11.6 Å². The number of fused-ring (bicyclic) bond motifs is 2. The number of rotatable bonds is 13. The van der Waals surface area contributed by atoms with Crippen molar-refractivity contribution in [1.29, 1.82) is 5.26 Å². The SMILES string of the molecule is CC(Cn1cnnn1)Oc1cc(-c2cnc(Nc3cn(C4CCC(N5[C@@H]6CC[C@H]5COC6)CC4)nc3OCCOC(F)(F)F)nc2)ccc1C#N. The summed E-state index contributed by atoms with van der Waals surface area (Å²) in [5.74, 6) is 0.765. The molecule has 0 spiro atoms. The van der Waals surface area contributed by atoms with Crippen molar-refractivity contribution in [3.05, 3.63) is 48.7 Å². The number of hydrogen-bond donors (Lipinski definition) is 1. The van der Waals surface area contributed by atoms with E-state index in [1.807, 2.05) is 11.6 Å². The summed E-state index contributed by atoms with van der Waals surface area (Å²) >= 11 is 0. The van der Waals surface area contributed by atoms with Gasteiger partial charge in [0, 0.05) is 36.1 Å². The Hall–Kier alpha value is -4.86. The van der Waals surface area contributed by atoms with Gasteiger partial charge in [-0.2, -0.15) is 5.26 Å². The van der Waals surface area contributed by atoms with Gasteiger partial charge in [0.05, 0.1) is 44.2 Å². The average Bonchev–Trinajstić information content (AvgIpc) is 3.84. The van der Waals surface area contributed by atoms with Crippen LogP contribution in [0.15, 0.2) is 43.1 Å². The molecule has 3 aliphatic rings. The number of alkyl halides is 3. The van der Waals surface area contributed by atoms with Gasteiger partial charge in [-0.05, 0) is 73.6 Å². The summed E-state index contributed by atoms with van der Waals surface area (Å²) in [5.41, 5.74) is 2.19. The van der Waals surface area contributed by atoms with Gasteiger partial charge < -0.3 is 19.5 Å². The lowest BCUT2D eigenvalue weighted by atomic mass is 9.89. The van der Waals surface area contributed by atoms with Crippen molar-refractivity contribution in [2.75, 3.05) is 31.7 Å². The molecule has 1 unspecified atom stereocenters. The number of hydrogen-bond acceptors (Lipinski definition) is 13. The number of anilines is 2. The fraction of sp³-hybridized carbons (Fsp3) is 0.545. The highest BCUT2D eigenvalue weighted by atomic mass is 19.4. The van der Waals surface area contributed by atoms with Crippen LogP contribution < -0.4 is 14.8 Å². The number of ether oxygens (including phenoxy) is 4. The highest BCUT2D eigenvalue weighted by Crippen LogP contribution is 2.39. The molecular weight excluding hydrogens is 671 g/mol. The fourth-order valence-electron chi connectivity index (χ4n) is 7.26. The molecule has 2 bridgehead atoms. The van der Waals surface area contributed by atoms with Gasteiger partial charge in [-0.1, -0.05) is 6.07 Å². The molecule has 7 rings (SSSR count). The second-order valence-electron chi connectivity index (χ2n) is 13.0. The molecule has 51 heavy (non-hydrogen) atoms. The van der Waals surface area contributed by atoms with E-state index < -0.39 is 13.0 Å². The first-order valence-corrected chi connectivity index (χ1v) is 17.0. The van der Waals surface area contributed by atoms with E-state index in [-0.39, 0.29) is 30.6 Å². The molecule has 3 atom stereocenters. The third-order valence-electron chi connectivity index (χ3n) is 9.54. The zero-order valence-corrected chi connectivity index (χ0v) is 27.9. The van der Waals surface area contributed by atoms with E-state index in [1.165, 1.54) is 23.9 Å². The van der Waals surface area contributed by atoms with Gasteiger partial charge in [0.1, 0.15) is 36.5 Å². The molecule has 1 N–H and O–H groups in total. The minimum atomic E-state index is -4.76. The number of nitrogens with zero attached hydrogens (tertiary/aromatic N) is 10. The largest absolute Gasteiger partial charge is 0.522 e. The number of tetrazole rings is 1. The number of benzene rings is 1. The van der Waals surface area contributed by atoms with Crippen molar-refractivity contribution in [3.63, 3.8) is 0 Å². The van der Waals surface area contributed by atoms with Gasteiger partial charge in [-0.25, -0.2) is 14.6 Å². The first-order valence-electron chi connectivity index (χ1n) is 17.0. The average molecular weight is 710 g/mol. The maximum atomic E-state index is 12.6. The summed E-state index contributed by atoms with van der Waals surface area (Å²) in [7, 11) is 0. The lowest BCUT2D eigenvalue weighted by molar-refractivity contribution is -0.325. The number of morpholine rings is 1. The second kappa shape index (κ2) is 15.2. The standard InChI is InChI=1S/C33H38F3N11O4/c1-21(16-45-20-40-43-44-45)51-30-12-22(2-3-23(30)13-37)24-14-38-32(39-15-24)41-29-17-46(42-31(29)49-10-11-50-33(34,35)36)25-4-6-26(7-5-25)47-27-8-9-28(47)19-48-18-27/h2-3,12,14-15,17,20-21,25-28H,4-11,16,18-19H2,1H3,(H,38,39,41)/t21?,25?,26?,27-,28+. The van der Waals surface area contributed by atoms with E-state index in [0.29, 0.717) is 47.2 Å². The van der Waals surface area contributed by atoms with E-state index in [1.54, 1.807) is 36.8 Å². The smallest absolute Gasteiger partial charge is 0.487 e. The van der Waals surface area contributed by atoms with Crippen LogP contribution in [0.4, 0.5) is 24.8 Å². The van der Waals surface area contributed by atoms with Crippen LogP contribution in [-0.4, -0.2) is 102 Å². The summed E-state index contributed by atoms with van der Waals surface area (Å²) in [6.07, 6.45) is 7.69. The predicted octanol–water partition coefficient (Wildman–Crippen LogP) is 4.67. The van der Waals surface area contributed by atoms with Crippen LogP contribution in [0.3, 0.4) is 0 Å². The summed E-state index contributed by atoms with van der Waals surface area (Å²) in [6, 6.07) is 8.96. The minimum absolute atomic E-state index is 0.107. The van der Waals surface area contributed by atoms with Crippen LogP contribution in [0.25, 0.3) is 11.1 Å². The molecule has 0 radical (unpaired) electrons. The Labute approximate surface area is 291 Å². The van der Waals surface area contributed by atoms with Gasteiger partial charge in [-0.3, -0.25) is 14.3 Å². The molecule has 5 heterocycles. The highest BCUT2D eigenvalue weighted by Gasteiger charge is 2.42. The molecule has 3 fully saturated rings. The molecule has 18 heteroatoms. The Morgan fingerprint density at radius 2 is 1.73 bits per heavy atom. The zero-order valence-electron chi connectivity index (χ0n) is 27.9. The molecule has 3 aromatic heterocycles. The fourth-order valence-corrected chi connectivity index (χ4v) is 7.26. The van der Waals surface area contributed by atoms with Gasteiger partial charge in [-0.15, -0.1) is 23.4 Å². The maximum Gasteiger partial charge on any atom is 0.522 e. The monoisotopic (exact) mass is 709 g/mol. The topological polar surface area (TPSA) is 163 Å². The molecule has 0 amide bonds. The second-order valence-corrected chi connectivity index (χ2v) is 13.0. The van der Waals surface area contributed by atoms with Crippen LogP contribution in [-0.2, 0) is 16.0 Å². The number of nitrogens with one attached hydrogen (secondary N) is 1. The van der Waals surface area contributed by atoms with Crippen molar-refractivity contribution in [2.45, 2.75) is 88.6 Å².